The Hall–Kier alpha value is -3.00. The second-order valence-electron chi connectivity index (χ2n) is 6.48. The summed E-state index contributed by atoms with van der Waals surface area (Å²) in [6.45, 7) is 0.567. The molecule has 1 aromatic carbocycles. The zero-order valence-electron chi connectivity index (χ0n) is 15.1. The van der Waals surface area contributed by atoms with Crippen molar-refractivity contribution in [3.05, 3.63) is 58.8 Å². The van der Waals surface area contributed by atoms with Crippen molar-refractivity contribution in [2.45, 2.75) is 12.6 Å². The molecule has 1 N–H and O–H groups in total. The van der Waals surface area contributed by atoms with Gasteiger partial charge in [-0.3, -0.25) is 18.8 Å². The highest BCUT2D eigenvalue weighted by molar-refractivity contribution is 5.77. The summed E-state index contributed by atoms with van der Waals surface area (Å²) < 4.78 is 2.83. The van der Waals surface area contributed by atoms with E-state index in [2.05, 4.69) is 15.4 Å². The smallest absolute Gasteiger partial charge is 0.264 e. The monoisotopic (exact) mass is 354 g/mol. The maximum absolute atomic E-state index is 12.5. The molecule has 0 aliphatic rings. The number of nitrogens with zero attached hydrogens (tertiary/aromatic N) is 5. The molecule has 136 valence electrons. The van der Waals surface area contributed by atoms with Crippen molar-refractivity contribution in [2.75, 3.05) is 20.6 Å². The van der Waals surface area contributed by atoms with E-state index in [1.807, 2.05) is 49.3 Å². The molecule has 0 aliphatic carbocycles. The van der Waals surface area contributed by atoms with Crippen LogP contribution in [0.25, 0.3) is 11.0 Å². The number of hydrogen-bond donors (Lipinski definition) is 1. The van der Waals surface area contributed by atoms with Crippen LogP contribution < -0.4 is 10.9 Å². The van der Waals surface area contributed by atoms with Crippen LogP contribution in [0.2, 0.25) is 0 Å². The molecule has 0 radical (unpaired) electrons. The largest absolute Gasteiger partial charge is 0.346 e. The van der Waals surface area contributed by atoms with E-state index in [1.165, 1.54) is 21.8 Å². The van der Waals surface area contributed by atoms with Gasteiger partial charge in [-0.25, -0.2) is 4.98 Å². The van der Waals surface area contributed by atoms with Crippen LogP contribution in [-0.2, 0) is 18.4 Å². The van der Waals surface area contributed by atoms with E-state index in [1.54, 1.807) is 7.05 Å². The van der Waals surface area contributed by atoms with Gasteiger partial charge in [-0.05, 0) is 19.7 Å². The SMILES string of the molecule is CN(C)C[C@@H](NC(=O)Cn1cnc2c(cnn2C)c1=O)c1ccccc1. The number of amides is 1. The molecule has 0 fully saturated rings. The van der Waals surface area contributed by atoms with E-state index in [0.29, 0.717) is 17.6 Å². The number of carbonyl (C=O) groups excluding carboxylic acids is 1. The Kier molecular flexibility index (Phi) is 5.13. The average molecular weight is 354 g/mol. The molecular weight excluding hydrogens is 332 g/mol. The molecule has 0 aliphatic heterocycles. The number of carbonyl (C=O) groups is 1. The van der Waals surface area contributed by atoms with E-state index < -0.39 is 0 Å². The van der Waals surface area contributed by atoms with Crippen molar-refractivity contribution in [2.24, 2.45) is 7.05 Å². The third-order valence-electron chi connectivity index (χ3n) is 4.12. The first-order valence-corrected chi connectivity index (χ1v) is 8.32. The molecule has 2 aromatic heterocycles. The molecule has 8 heteroatoms. The number of hydrogen-bond acceptors (Lipinski definition) is 5. The summed E-state index contributed by atoms with van der Waals surface area (Å²) in [6.07, 6.45) is 2.85. The van der Waals surface area contributed by atoms with E-state index in [9.17, 15) is 9.59 Å². The number of rotatable bonds is 6. The third kappa shape index (κ3) is 3.80. The highest BCUT2D eigenvalue weighted by Gasteiger charge is 2.17. The Labute approximate surface area is 151 Å². The van der Waals surface area contributed by atoms with Gasteiger partial charge < -0.3 is 10.2 Å². The van der Waals surface area contributed by atoms with Crippen LogP contribution in [0.3, 0.4) is 0 Å². The van der Waals surface area contributed by atoms with Crippen LogP contribution >= 0.6 is 0 Å². The number of aromatic nitrogens is 4. The van der Waals surface area contributed by atoms with E-state index >= 15 is 0 Å². The van der Waals surface area contributed by atoms with Gasteiger partial charge in [0.05, 0.1) is 12.2 Å². The van der Waals surface area contributed by atoms with Gasteiger partial charge in [-0.2, -0.15) is 5.10 Å². The molecule has 0 saturated heterocycles. The van der Waals surface area contributed by atoms with E-state index in [0.717, 1.165) is 5.56 Å². The summed E-state index contributed by atoms with van der Waals surface area (Å²) in [7, 11) is 5.62. The topological polar surface area (TPSA) is 85.1 Å². The molecule has 2 heterocycles. The third-order valence-corrected chi connectivity index (χ3v) is 4.12. The van der Waals surface area contributed by atoms with Crippen molar-refractivity contribution >= 4 is 16.9 Å². The van der Waals surface area contributed by atoms with Crippen LogP contribution in [0.15, 0.2) is 47.7 Å². The predicted octanol–water partition coefficient (Wildman–Crippen LogP) is 0.549. The number of aryl methyl sites for hydroxylation is 1. The fourth-order valence-electron chi connectivity index (χ4n) is 2.86. The van der Waals surface area contributed by atoms with Crippen LogP contribution in [0.4, 0.5) is 0 Å². The minimum atomic E-state index is -0.276. The van der Waals surface area contributed by atoms with E-state index in [4.69, 9.17) is 0 Å². The van der Waals surface area contributed by atoms with Crippen LogP contribution in [0, 0.1) is 0 Å². The molecule has 3 rings (SSSR count). The minimum Gasteiger partial charge on any atom is -0.346 e. The molecular formula is C18H22N6O2. The second-order valence-corrected chi connectivity index (χ2v) is 6.48. The predicted molar refractivity (Wildman–Crippen MR) is 98.6 cm³/mol. The Balaban J connectivity index is 1.78. The number of likely N-dealkylation sites (N-methyl/N-ethyl adjacent to an activating group) is 1. The summed E-state index contributed by atoms with van der Waals surface area (Å²) in [4.78, 5) is 31.2. The van der Waals surface area contributed by atoms with Gasteiger partial charge in [0.15, 0.2) is 5.65 Å². The van der Waals surface area contributed by atoms with Gasteiger partial charge in [-0.1, -0.05) is 30.3 Å². The fraction of sp³-hybridized carbons (Fsp3) is 0.333. The summed E-state index contributed by atoms with van der Waals surface area (Å²) in [6, 6.07) is 9.61. The maximum atomic E-state index is 12.5. The molecule has 3 aromatic rings. The van der Waals surface area contributed by atoms with Crippen LogP contribution in [-0.4, -0.2) is 50.8 Å². The Morgan fingerprint density at radius 3 is 2.69 bits per heavy atom. The molecule has 1 atom stereocenters. The van der Waals surface area contributed by atoms with Crippen LogP contribution in [0.5, 0.6) is 0 Å². The Morgan fingerprint density at radius 2 is 2.00 bits per heavy atom. The minimum absolute atomic E-state index is 0.0899. The lowest BCUT2D eigenvalue weighted by Crippen LogP contribution is -2.38. The van der Waals surface area contributed by atoms with E-state index in [-0.39, 0.29) is 24.1 Å². The lowest BCUT2D eigenvalue weighted by Gasteiger charge is -2.23. The molecule has 0 saturated carbocycles. The number of benzene rings is 1. The first kappa shape index (κ1) is 17.8. The summed E-state index contributed by atoms with van der Waals surface area (Å²) in [5.74, 6) is -0.243. The molecule has 0 spiro atoms. The highest BCUT2D eigenvalue weighted by atomic mass is 16.2. The Bertz CT molecular complexity index is 961. The van der Waals surface area contributed by atoms with Crippen molar-refractivity contribution in [1.29, 1.82) is 0 Å². The lowest BCUT2D eigenvalue weighted by molar-refractivity contribution is -0.122. The molecule has 0 unspecified atom stereocenters. The van der Waals surface area contributed by atoms with Gasteiger partial charge in [0.1, 0.15) is 18.3 Å². The number of fused-ring (bicyclic) bond motifs is 1. The summed E-state index contributed by atoms with van der Waals surface area (Å²) in [5, 5.41) is 7.44. The number of nitrogens with one attached hydrogen (secondary N) is 1. The highest BCUT2D eigenvalue weighted by Crippen LogP contribution is 2.13. The molecule has 26 heavy (non-hydrogen) atoms. The zero-order valence-corrected chi connectivity index (χ0v) is 15.1. The normalized spacial score (nSPS) is 12.5. The first-order valence-electron chi connectivity index (χ1n) is 8.32. The second kappa shape index (κ2) is 7.49. The van der Waals surface area contributed by atoms with Crippen molar-refractivity contribution < 1.29 is 4.79 Å². The fourth-order valence-corrected chi connectivity index (χ4v) is 2.86. The van der Waals surface area contributed by atoms with Crippen molar-refractivity contribution in [3.63, 3.8) is 0 Å². The van der Waals surface area contributed by atoms with Gasteiger partial charge in [-0.15, -0.1) is 0 Å². The Morgan fingerprint density at radius 1 is 1.27 bits per heavy atom. The quantitative estimate of drug-likeness (QED) is 0.699. The molecule has 8 nitrogen and oxygen atoms in total. The zero-order chi connectivity index (χ0) is 18.7. The van der Waals surface area contributed by atoms with Crippen LogP contribution in [0.1, 0.15) is 11.6 Å². The first-order chi connectivity index (χ1) is 12.5. The summed E-state index contributed by atoms with van der Waals surface area (Å²) >= 11 is 0. The van der Waals surface area contributed by atoms with Gasteiger partial charge in [0.25, 0.3) is 5.56 Å². The maximum Gasteiger partial charge on any atom is 0.264 e. The molecule has 0 bridgehead atoms. The van der Waals surface area contributed by atoms with Gasteiger partial charge in [0.2, 0.25) is 5.91 Å². The van der Waals surface area contributed by atoms with Gasteiger partial charge in [0, 0.05) is 13.6 Å². The standard InChI is InChI=1S/C18H22N6O2/c1-22(2)10-15(13-7-5-4-6-8-13)21-16(25)11-24-12-19-17-14(18(24)26)9-20-23(17)3/h4-9,12,15H,10-11H2,1-3H3,(H,21,25)/t15-/m1/s1. The summed E-state index contributed by atoms with van der Waals surface area (Å²) in [5.41, 5.74) is 1.24. The van der Waals surface area contributed by atoms with Crippen molar-refractivity contribution in [3.8, 4) is 0 Å². The average Bonchev–Trinajstić information content (AvgIpc) is 2.99. The van der Waals surface area contributed by atoms with Crippen molar-refractivity contribution in [1.82, 2.24) is 29.5 Å². The lowest BCUT2D eigenvalue weighted by atomic mass is 10.1. The molecule has 1 amide bonds. The van der Waals surface area contributed by atoms with Gasteiger partial charge >= 0.3 is 0 Å².